The van der Waals surface area contributed by atoms with Gasteiger partial charge in [-0.25, -0.2) is 0 Å². The first-order valence-electron chi connectivity index (χ1n) is 7.45. The minimum Gasteiger partial charge on any atom is -0.493 e. The Morgan fingerprint density at radius 2 is 2.10 bits per heavy atom. The number of hydrogen-bond donors (Lipinski definition) is 1. The molecule has 1 atom stereocenters. The molecule has 1 unspecified atom stereocenters. The van der Waals surface area contributed by atoms with E-state index in [1.54, 1.807) is 0 Å². The van der Waals surface area contributed by atoms with E-state index in [4.69, 9.17) is 4.74 Å². The van der Waals surface area contributed by atoms with Crippen LogP contribution in [0, 0.1) is 6.92 Å². The molecule has 2 nitrogen and oxygen atoms in total. The molecule has 1 heterocycles. The lowest BCUT2D eigenvalue weighted by atomic mass is 10.0. The van der Waals surface area contributed by atoms with Crippen molar-refractivity contribution >= 4 is 21.6 Å². The average Bonchev–Trinajstić information content (AvgIpc) is 2.95. The van der Waals surface area contributed by atoms with Crippen LogP contribution in [0.4, 0.5) is 5.69 Å². The monoisotopic (exact) mass is 345 g/mol. The van der Waals surface area contributed by atoms with Gasteiger partial charge in [-0.3, -0.25) is 0 Å². The van der Waals surface area contributed by atoms with E-state index in [0.29, 0.717) is 6.04 Å². The minimum absolute atomic E-state index is 0.325. The Morgan fingerprint density at radius 1 is 1.24 bits per heavy atom. The van der Waals surface area contributed by atoms with Crippen LogP contribution in [-0.2, 0) is 6.42 Å². The van der Waals surface area contributed by atoms with Gasteiger partial charge in [0.15, 0.2) is 0 Å². The van der Waals surface area contributed by atoms with Crippen LogP contribution in [-0.4, -0.2) is 6.61 Å². The van der Waals surface area contributed by atoms with Gasteiger partial charge in [0.25, 0.3) is 0 Å². The van der Waals surface area contributed by atoms with E-state index in [9.17, 15) is 0 Å². The molecule has 2 aromatic carbocycles. The summed E-state index contributed by atoms with van der Waals surface area (Å²) in [5.41, 5.74) is 5.07. The fourth-order valence-corrected chi connectivity index (χ4v) is 3.11. The zero-order valence-electron chi connectivity index (χ0n) is 12.4. The number of halogens is 1. The van der Waals surface area contributed by atoms with Crippen LogP contribution in [0.25, 0.3) is 0 Å². The number of aryl methyl sites for hydroxylation is 1. The van der Waals surface area contributed by atoms with Crippen LogP contribution < -0.4 is 10.1 Å². The molecule has 0 saturated heterocycles. The summed E-state index contributed by atoms with van der Waals surface area (Å²) in [4.78, 5) is 0. The number of anilines is 1. The molecule has 110 valence electrons. The van der Waals surface area contributed by atoms with Crippen molar-refractivity contribution in [3.05, 3.63) is 57.6 Å². The van der Waals surface area contributed by atoms with Gasteiger partial charge in [-0.15, -0.1) is 0 Å². The lowest BCUT2D eigenvalue weighted by molar-refractivity contribution is 0.357. The van der Waals surface area contributed by atoms with E-state index >= 15 is 0 Å². The first-order chi connectivity index (χ1) is 10.2. The van der Waals surface area contributed by atoms with E-state index in [1.807, 2.05) is 0 Å². The normalized spacial score (nSPS) is 14.4. The fraction of sp³-hybridized carbons (Fsp3) is 0.333. The van der Waals surface area contributed by atoms with Crippen molar-refractivity contribution in [3.8, 4) is 5.75 Å². The van der Waals surface area contributed by atoms with Crippen LogP contribution in [0.3, 0.4) is 0 Å². The molecule has 0 aromatic heterocycles. The molecule has 0 aliphatic carbocycles. The Hall–Kier alpha value is -1.48. The van der Waals surface area contributed by atoms with Gasteiger partial charge in [-0.1, -0.05) is 35.0 Å². The predicted octanol–water partition coefficient (Wildman–Crippen LogP) is 5.26. The summed E-state index contributed by atoms with van der Waals surface area (Å²) >= 11 is 3.60. The average molecular weight is 346 g/mol. The number of nitrogens with one attached hydrogen (secondary N) is 1. The maximum atomic E-state index is 5.59. The summed E-state index contributed by atoms with van der Waals surface area (Å²) in [5, 5.41) is 3.63. The highest BCUT2D eigenvalue weighted by molar-refractivity contribution is 9.10. The highest BCUT2D eigenvalue weighted by atomic mass is 79.9. The first-order valence-corrected chi connectivity index (χ1v) is 8.25. The van der Waals surface area contributed by atoms with E-state index in [1.165, 1.54) is 16.7 Å². The third-order valence-electron chi connectivity index (χ3n) is 4.04. The van der Waals surface area contributed by atoms with Crippen LogP contribution in [0.2, 0.25) is 0 Å². The molecule has 2 aromatic rings. The van der Waals surface area contributed by atoms with Gasteiger partial charge in [-0.2, -0.15) is 0 Å². The zero-order chi connectivity index (χ0) is 14.8. The number of benzene rings is 2. The summed E-state index contributed by atoms with van der Waals surface area (Å²) in [6.07, 6.45) is 2.07. The van der Waals surface area contributed by atoms with E-state index in [0.717, 1.165) is 35.4 Å². The molecule has 0 spiro atoms. The molecular formula is C18H20BrNO. The fourth-order valence-electron chi connectivity index (χ4n) is 2.73. The number of rotatable bonds is 4. The molecule has 1 aliphatic heterocycles. The van der Waals surface area contributed by atoms with Gasteiger partial charge in [-0.05, 0) is 54.3 Å². The molecule has 1 aliphatic rings. The minimum atomic E-state index is 0.325. The third kappa shape index (κ3) is 3.08. The highest BCUT2D eigenvalue weighted by Crippen LogP contribution is 2.31. The predicted molar refractivity (Wildman–Crippen MR) is 91.2 cm³/mol. The molecule has 0 bridgehead atoms. The first kappa shape index (κ1) is 14.5. The molecule has 0 fully saturated rings. The summed E-state index contributed by atoms with van der Waals surface area (Å²) < 4.78 is 6.73. The molecule has 3 rings (SSSR count). The van der Waals surface area contributed by atoms with E-state index < -0.39 is 0 Å². The Labute approximate surface area is 134 Å². The molecule has 1 N–H and O–H groups in total. The molecule has 21 heavy (non-hydrogen) atoms. The van der Waals surface area contributed by atoms with Crippen LogP contribution in [0.15, 0.2) is 40.9 Å². The van der Waals surface area contributed by atoms with Crippen molar-refractivity contribution in [1.29, 1.82) is 0 Å². The van der Waals surface area contributed by atoms with Gasteiger partial charge in [0, 0.05) is 16.6 Å². The van der Waals surface area contributed by atoms with Crippen LogP contribution >= 0.6 is 15.9 Å². The topological polar surface area (TPSA) is 21.3 Å². The standard InChI is InChI=1S/C18H20BrNO/c1-3-17(20-15-6-4-12(2)16(19)11-15)13-5-7-18-14(10-13)8-9-21-18/h4-7,10-11,17,20H,3,8-9H2,1-2H3. The maximum Gasteiger partial charge on any atom is 0.122 e. The van der Waals surface area contributed by atoms with Crippen molar-refractivity contribution in [2.24, 2.45) is 0 Å². The van der Waals surface area contributed by atoms with Gasteiger partial charge in [0.05, 0.1) is 12.6 Å². The van der Waals surface area contributed by atoms with Crippen LogP contribution in [0.1, 0.15) is 36.1 Å². The SMILES string of the molecule is CCC(Nc1ccc(C)c(Br)c1)c1ccc2c(c1)CCO2. The number of hydrogen-bond acceptors (Lipinski definition) is 2. The largest absolute Gasteiger partial charge is 0.493 e. The van der Waals surface area contributed by atoms with Crippen molar-refractivity contribution < 1.29 is 4.74 Å². The van der Waals surface area contributed by atoms with E-state index in [-0.39, 0.29) is 0 Å². The highest BCUT2D eigenvalue weighted by Gasteiger charge is 2.16. The molecule has 0 saturated carbocycles. The second kappa shape index (κ2) is 6.10. The number of ether oxygens (including phenoxy) is 1. The van der Waals surface area contributed by atoms with Gasteiger partial charge < -0.3 is 10.1 Å². The summed E-state index contributed by atoms with van der Waals surface area (Å²) in [6.45, 7) is 5.13. The molecule has 0 amide bonds. The van der Waals surface area contributed by atoms with Crippen molar-refractivity contribution in [3.63, 3.8) is 0 Å². The Morgan fingerprint density at radius 3 is 2.86 bits per heavy atom. The van der Waals surface area contributed by atoms with Crippen molar-refractivity contribution in [2.45, 2.75) is 32.7 Å². The zero-order valence-corrected chi connectivity index (χ0v) is 14.0. The lowest BCUT2D eigenvalue weighted by Crippen LogP contribution is -2.10. The van der Waals surface area contributed by atoms with Crippen molar-refractivity contribution in [2.75, 3.05) is 11.9 Å². The summed E-state index contributed by atoms with van der Waals surface area (Å²) in [7, 11) is 0. The molecule has 3 heteroatoms. The van der Waals surface area contributed by atoms with Gasteiger partial charge in [0.2, 0.25) is 0 Å². The summed E-state index contributed by atoms with van der Waals surface area (Å²) in [5.74, 6) is 1.05. The van der Waals surface area contributed by atoms with Gasteiger partial charge in [0.1, 0.15) is 5.75 Å². The van der Waals surface area contributed by atoms with Crippen LogP contribution in [0.5, 0.6) is 5.75 Å². The second-order valence-electron chi connectivity index (χ2n) is 5.53. The molecular weight excluding hydrogens is 326 g/mol. The Bertz CT molecular complexity index is 654. The smallest absolute Gasteiger partial charge is 0.122 e. The van der Waals surface area contributed by atoms with Gasteiger partial charge >= 0.3 is 0 Å². The Kier molecular flexibility index (Phi) is 4.20. The Balaban J connectivity index is 1.83. The summed E-state index contributed by atoms with van der Waals surface area (Å²) in [6, 6.07) is 13.3. The third-order valence-corrected chi connectivity index (χ3v) is 4.89. The molecule has 0 radical (unpaired) electrons. The lowest BCUT2D eigenvalue weighted by Gasteiger charge is -2.20. The number of fused-ring (bicyclic) bond motifs is 1. The quantitative estimate of drug-likeness (QED) is 0.816. The van der Waals surface area contributed by atoms with Crippen molar-refractivity contribution in [1.82, 2.24) is 0 Å². The maximum absolute atomic E-state index is 5.59. The second-order valence-corrected chi connectivity index (χ2v) is 6.39. The van der Waals surface area contributed by atoms with E-state index in [2.05, 4.69) is 71.5 Å².